The Kier molecular flexibility index (Phi) is 0.762. The smallest absolute Gasteiger partial charge is 0.00447 e. The lowest BCUT2D eigenvalue weighted by molar-refractivity contribution is 0.557. The van der Waals surface area contributed by atoms with E-state index in [1.807, 2.05) is 0 Å². The highest BCUT2D eigenvalue weighted by Gasteiger charge is 2.46. The summed E-state index contributed by atoms with van der Waals surface area (Å²) < 4.78 is 0. The molecule has 46 valence electrons. The van der Waals surface area contributed by atoms with Gasteiger partial charge in [-0.2, -0.15) is 0 Å². The van der Waals surface area contributed by atoms with Gasteiger partial charge < -0.3 is 5.32 Å². The maximum atomic E-state index is 3.47. The predicted molar refractivity (Wildman–Crippen MR) is 33.7 cm³/mol. The van der Waals surface area contributed by atoms with Crippen molar-refractivity contribution in [1.82, 2.24) is 5.32 Å². The van der Waals surface area contributed by atoms with Crippen LogP contribution in [0, 0.1) is 5.41 Å². The van der Waals surface area contributed by atoms with Gasteiger partial charge >= 0.3 is 0 Å². The third-order valence-corrected chi connectivity index (χ3v) is 2.52. The van der Waals surface area contributed by atoms with Gasteiger partial charge in [-0.05, 0) is 31.6 Å². The van der Waals surface area contributed by atoms with Crippen LogP contribution >= 0.6 is 0 Å². The SMILES string of the molecule is C[C@H]1CC2(CC2)CN1. The molecule has 1 heteroatoms. The van der Waals surface area contributed by atoms with Gasteiger partial charge in [0.15, 0.2) is 0 Å². The van der Waals surface area contributed by atoms with Crippen LogP contribution in [-0.2, 0) is 0 Å². The molecule has 0 unspecified atom stereocenters. The summed E-state index contributed by atoms with van der Waals surface area (Å²) in [4.78, 5) is 0. The van der Waals surface area contributed by atoms with Gasteiger partial charge in [0.1, 0.15) is 0 Å². The van der Waals surface area contributed by atoms with Gasteiger partial charge in [-0.25, -0.2) is 0 Å². The van der Waals surface area contributed by atoms with Gasteiger partial charge in [-0.15, -0.1) is 0 Å². The maximum absolute atomic E-state index is 3.47. The van der Waals surface area contributed by atoms with Crippen LogP contribution in [-0.4, -0.2) is 12.6 Å². The van der Waals surface area contributed by atoms with E-state index in [4.69, 9.17) is 0 Å². The summed E-state index contributed by atoms with van der Waals surface area (Å²) in [6, 6.07) is 0.803. The number of hydrogen-bond acceptors (Lipinski definition) is 1. The third kappa shape index (κ3) is 0.576. The molecule has 0 aromatic heterocycles. The van der Waals surface area contributed by atoms with Crippen molar-refractivity contribution in [2.45, 2.75) is 32.2 Å². The maximum Gasteiger partial charge on any atom is 0.00447 e. The molecule has 0 bridgehead atoms. The standard InChI is InChI=1S/C7H13N/c1-6-4-7(2-3-7)5-8-6/h6,8H,2-5H2,1H3/t6-/m0/s1. The summed E-state index contributed by atoms with van der Waals surface area (Å²) in [6.07, 6.45) is 4.42. The lowest BCUT2D eigenvalue weighted by Crippen LogP contribution is -2.16. The highest BCUT2D eigenvalue weighted by atomic mass is 15.0. The van der Waals surface area contributed by atoms with E-state index < -0.39 is 0 Å². The van der Waals surface area contributed by atoms with Gasteiger partial charge in [0.05, 0.1) is 0 Å². The van der Waals surface area contributed by atoms with Crippen molar-refractivity contribution in [2.75, 3.05) is 6.54 Å². The molecule has 2 rings (SSSR count). The molecule has 0 amide bonds. The van der Waals surface area contributed by atoms with Crippen LogP contribution in [0.2, 0.25) is 0 Å². The first kappa shape index (κ1) is 4.80. The molecule has 0 radical (unpaired) electrons. The molecular formula is C7H13N. The Hall–Kier alpha value is -0.0400. The van der Waals surface area contributed by atoms with Gasteiger partial charge in [0.25, 0.3) is 0 Å². The Bertz CT molecular complexity index is 105. The minimum absolute atomic E-state index is 0.803. The molecule has 1 atom stereocenters. The fourth-order valence-corrected chi connectivity index (χ4v) is 1.74. The van der Waals surface area contributed by atoms with E-state index in [9.17, 15) is 0 Å². The van der Waals surface area contributed by atoms with Crippen LogP contribution in [0.1, 0.15) is 26.2 Å². The molecule has 0 aromatic rings. The van der Waals surface area contributed by atoms with Crippen molar-refractivity contribution in [3.8, 4) is 0 Å². The van der Waals surface area contributed by atoms with Gasteiger partial charge in [-0.3, -0.25) is 0 Å². The molecule has 1 saturated carbocycles. The summed E-state index contributed by atoms with van der Waals surface area (Å²) in [5, 5.41) is 3.47. The number of hydrogen-bond donors (Lipinski definition) is 1. The van der Waals surface area contributed by atoms with Crippen molar-refractivity contribution in [3.05, 3.63) is 0 Å². The lowest BCUT2D eigenvalue weighted by atomic mass is 10.0. The van der Waals surface area contributed by atoms with Crippen LogP contribution in [0.5, 0.6) is 0 Å². The molecule has 0 aromatic carbocycles. The second kappa shape index (κ2) is 1.27. The second-order valence-corrected chi connectivity index (χ2v) is 3.49. The van der Waals surface area contributed by atoms with E-state index >= 15 is 0 Å². The zero-order valence-corrected chi connectivity index (χ0v) is 5.41. The van der Waals surface area contributed by atoms with Crippen molar-refractivity contribution in [3.63, 3.8) is 0 Å². The highest BCUT2D eigenvalue weighted by molar-refractivity contribution is 5.01. The monoisotopic (exact) mass is 111 g/mol. The van der Waals surface area contributed by atoms with Crippen LogP contribution in [0.3, 0.4) is 0 Å². The van der Waals surface area contributed by atoms with E-state index in [0.717, 1.165) is 11.5 Å². The van der Waals surface area contributed by atoms with Crippen LogP contribution in [0.4, 0.5) is 0 Å². The molecule has 1 heterocycles. The molecule has 1 spiro atoms. The molecule has 1 nitrogen and oxygen atoms in total. The summed E-state index contributed by atoms with van der Waals surface area (Å²) in [5.41, 5.74) is 0.805. The number of nitrogens with one attached hydrogen (secondary N) is 1. The largest absolute Gasteiger partial charge is 0.314 e. The molecular weight excluding hydrogens is 98.1 g/mol. The van der Waals surface area contributed by atoms with Crippen molar-refractivity contribution in [1.29, 1.82) is 0 Å². The molecule has 1 saturated heterocycles. The Labute approximate surface area is 50.5 Å². The van der Waals surface area contributed by atoms with E-state index in [-0.39, 0.29) is 0 Å². The molecule has 1 aliphatic carbocycles. The molecule has 8 heavy (non-hydrogen) atoms. The van der Waals surface area contributed by atoms with Crippen molar-refractivity contribution in [2.24, 2.45) is 5.41 Å². The fourth-order valence-electron chi connectivity index (χ4n) is 1.74. The minimum Gasteiger partial charge on any atom is -0.314 e. The number of rotatable bonds is 0. The van der Waals surface area contributed by atoms with Gasteiger partial charge in [0, 0.05) is 12.6 Å². The Morgan fingerprint density at radius 3 is 2.50 bits per heavy atom. The van der Waals surface area contributed by atoms with E-state index in [2.05, 4.69) is 12.2 Å². The average molecular weight is 111 g/mol. The predicted octanol–water partition coefficient (Wildman–Crippen LogP) is 1.15. The zero-order chi connectivity index (χ0) is 5.61. The van der Waals surface area contributed by atoms with Gasteiger partial charge in [0.2, 0.25) is 0 Å². The topological polar surface area (TPSA) is 12.0 Å². The first-order valence-electron chi connectivity index (χ1n) is 3.54. The Balaban J connectivity index is 2.03. The zero-order valence-electron chi connectivity index (χ0n) is 5.41. The summed E-state index contributed by atoms with van der Waals surface area (Å²) in [5.74, 6) is 0. The summed E-state index contributed by atoms with van der Waals surface area (Å²) >= 11 is 0. The van der Waals surface area contributed by atoms with Crippen LogP contribution in [0.15, 0.2) is 0 Å². The molecule has 2 aliphatic rings. The Morgan fingerprint density at radius 1 is 1.50 bits per heavy atom. The van der Waals surface area contributed by atoms with Crippen molar-refractivity contribution < 1.29 is 0 Å². The van der Waals surface area contributed by atoms with Gasteiger partial charge in [-0.1, -0.05) is 0 Å². The van der Waals surface area contributed by atoms with E-state index in [0.29, 0.717) is 0 Å². The molecule has 2 fully saturated rings. The quantitative estimate of drug-likeness (QED) is 0.494. The highest BCUT2D eigenvalue weighted by Crippen LogP contribution is 2.51. The Morgan fingerprint density at radius 2 is 2.25 bits per heavy atom. The summed E-state index contributed by atoms with van der Waals surface area (Å²) in [7, 11) is 0. The first-order valence-corrected chi connectivity index (χ1v) is 3.54. The van der Waals surface area contributed by atoms with E-state index in [1.165, 1.54) is 25.8 Å². The molecule has 1 aliphatic heterocycles. The second-order valence-electron chi connectivity index (χ2n) is 3.49. The van der Waals surface area contributed by atoms with Crippen LogP contribution in [0.25, 0.3) is 0 Å². The first-order chi connectivity index (χ1) is 3.81. The average Bonchev–Trinajstić information content (AvgIpc) is 2.34. The van der Waals surface area contributed by atoms with Crippen molar-refractivity contribution >= 4 is 0 Å². The minimum atomic E-state index is 0.803. The third-order valence-electron chi connectivity index (χ3n) is 2.52. The lowest BCUT2D eigenvalue weighted by Gasteiger charge is -1.99. The van der Waals surface area contributed by atoms with Crippen LogP contribution < -0.4 is 5.32 Å². The fraction of sp³-hybridized carbons (Fsp3) is 1.00. The van der Waals surface area contributed by atoms with E-state index in [1.54, 1.807) is 0 Å². The summed E-state index contributed by atoms with van der Waals surface area (Å²) in [6.45, 7) is 3.58. The molecule has 1 N–H and O–H groups in total. The normalized spacial score (nSPS) is 40.9.